The Morgan fingerprint density at radius 3 is 2.54 bits per heavy atom. The zero-order valence-corrected chi connectivity index (χ0v) is 17.4. The average Bonchev–Trinajstić information content (AvgIpc) is 3.02. The standard InChI is InChI=1S/C20H35N3O2.ClH/c1-20(2,3)19(25)21-12-14-7-6-10-23(13-14)18(24)17-11-15-8-4-5-9-16(15)22-17;/h14-17,22H,4-13H2,1-3H3,(H,21,25);1H. The molecule has 150 valence electrons. The number of rotatable bonds is 3. The number of hydrogen-bond donors (Lipinski definition) is 2. The predicted molar refractivity (Wildman–Crippen MR) is 106 cm³/mol. The van der Waals surface area contributed by atoms with Gasteiger partial charge >= 0.3 is 0 Å². The minimum Gasteiger partial charge on any atom is -0.355 e. The molecule has 2 N–H and O–H groups in total. The molecule has 5 nitrogen and oxygen atoms in total. The molecule has 2 amide bonds. The molecule has 0 spiro atoms. The van der Waals surface area contributed by atoms with E-state index in [-0.39, 0.29) is 29.8 Å². The molecule has 3 rings (SSSR count). The van der Waals surface area contributed by atoms with Gasteiger partial charge in [0.05, 0.1) is 6.04 Å². The van der Waals surface area contributed by atoms with Crippen molar-refractivity contribution in [2.45, 2.75) is 77.8 Å². The van der Waals surface area contributed by atoms with Gasteiger partial charge in [-0.2, -0.15) is 0 Å². The van der Waals surface area contributed by atoms with Gasteiger partial charge in [0.1, 0.15) is 0 Å². The number of amides is 2. The molecule has 0 aromatic rings. The molecule has 0 bridgehead atoms. The van der Waals surface area contributed by atoms with Gasteiger partial charge in [-0.25, -0.2) is 0 Å². The van der Waals surface area contributed by atoms with Crippen molar-refractivity contribution in [3.8, 4) is 0 Å². The molecule has 3 fully saturated rings. The van der Waals surface area contributed by atoms with Crippen LogP contribution in [0.3, 0.4) is 0 Å². The predicted octanol–water partition coefficient (Wildman–Crippen LogP) is 2.73. The zero-order chi connectivity index (χ0) is 18.0. The number of nitrogens with one attached hydrogen (secondary N) is 2. The van der Waals surface area contributed by atoms with Gasteiger partial charge in [-0.05, 0) is 43.9 Å². The van der Waals surface area contributed by atoms with Crippen LogP contribution < -0.4 is 10.6 Å². The molecule has 3 aliphatic rings. The van der Waals surface area contributed by atoms with E-state index >= 15 is 0 Å². The summed E-state index contributed by atoms with van der Waals surface area (Å²) in [6.07, 6.45) is 8.29. The van der Waals surface area contributed by atoms with Gasteiger partial charge in [-0.1, -0.05) is 33.6 Å². The first-order valence-corrected chi connectivity index (χ1v) is 10.2. The highest BCUT2D eigenvalue weighted by molar-refractivity contribution is 5.85. The first kappa shape index (κ1) is 21.5. The van der Waals surface area contributed by atoms with E-state index in [0.717, 1.165) is 32.4 Å². The van der Waals surface area contributed by atoms with Crippen molar-refractivity contribution in [2.75, 3.05) is 19.6 Å². The Balaban J connectivity index is 0.00000243. The first-order chi connectivity index (χ1) is 11.8. The van der Waals surface area contributed by atoms with E-state index in [1.165, 1.54) is 25.7 Å². The quantitative estimate of drug-likeness (QED) is 0.785. The number of halogens is 1. The lowest BCUT2D eigenvalue weighted by atomic mass is 9.85. The maximum atomic E-state index is 13.0. The molecular formula is C20H36ClN3O2. The molecule has 2 aliphatic heterocycles. The van der Waals surface area contributed by atoms with E-state index in [4.69, 9.17) is 0 Å². The zero-order valence-electron chi connectivity index (χ0n) is 16.6. The minimum absolute atomic E-state index is 0. The topological polar surface area (TPSA) is 61.4 Å². The number of carbonyl (C=O) groups excluding carboxylic acids is 2. The highest BCUT2D eigenvalue weighted by Gasteiger charge is 2.40. The van der Waals surface area contributed by atoms with E-state index in [2.05, 4.69) is 10.6 Å². The van der Waals surface area contributed by atoms with Crippen LogP contribution in [0.5, 0.6) is 0 Å². The van der Waals surface area contributed by atoms with Crippen LogP contribution in [0.2, 0.25) is 0 Å². The second-order valence-corrected chi connectivity index (χ2v) is 9.36. The highest BCUT2D eigenvalue weighted by atomic mass is 35.5. The molecule has 4 unspecified atom stereocenters. The van der Waals surface area contributed by atoms with Crippen LogP contribution in [0.15, 0.2) is 0 Å². The van der Waals surface area contributed by atoms with E-state index in [9.17, 15) is 9.59 Å². The fourth-order valence-electron chi connectivity index (χ4n) is 4.66. The smallest absolute Gasteiger partial charge is 0.239 e. The third kappa shape index (κ3) is 5.13. The molecule has 1 saturated carbocycles. The van der Waals surface area contributed by atoms with Crippen LogP contribution in [0.1, 0.15) is 65.7 Å². The maximum Gasteiger partial charge on any atom is 0.239 e. The summed E-state index contributed by atoms with van der Waals surface area (Å²) in [7, 11) is 0. The number of nitrogens with zero attached hydrogens (tertiary/aromatic N) is 1. The number of piperidine rings is 1. The van der Waals surface area contributed by atoms with Crippen LogP contribution in [0, 0.1) is 17.3 Å². The molecule has 0 radical (unpaired) electrons. The van der Waals surface area contributed by atoms with Crippen molar-refractivity contribution in [1.29, 1.82) is 0 Å². The Kier molecular flexibility index (Phi) is 7.37. The summed E-state index contributed by atoms with van der Waals surface area (Å²) in [5.74, 6) is 1.47. The largest absolute Gasteiger partial charge is 0.355 e. The Hall–Kier alpha value is -0.810. The normalized spacial score (nSPS) is 31.7. The van der Waals surface area contributed by atoms with Crippen LogP contribution in [0.4, 0.5) is 0 Å². The molecule has 1 aliphatic carbocycles. The van der Waals surface area contributed by atoms with Crippen LogP contribution in [-0.2, 0) is 9.59 Å². The van der Waals surface area contributed by atoms with Gasteiger partial charge in [-0.3, -0.25) is 9.59 Å². The Morgan fingerprint density at radius 2 is 1.85 bits per heavy atom. The van der Waals surface area contributed by atoms with E-state index < -0.39 is 0 Å². The molecule has 4 atom stereocenters. The summed E-state index contributed by atoms with van der Waals surface area (Å²) < 4.78 is 0. The molecular weight excluding hydrogens is 350 g/mol. The summed E-state index contributed by atoms with van der Waals surface area (Å²) in [4.78, 5) is 27.1. The van der Waals surface area contributed by atoms with Gasteiger partial charge in [-0.15, -0.1) is 12.4 Å². The average molecular weight is 386 g/mol. The lowest BCUT2D eigenvalue weighted by Crippen LogP contribution is -2.50. The monoisotopic (exact) mass is 385 g/mol. The number of fused-ring (bicyclic) bond motifs is 1. The van der Waals surface area contributed by atoms with Crippen LogP contribution in [0.25, 0.3) is 0 Å². The van der Waals surface area contributed by atoms with Gasteiger partial charge in [0.2, 0.25) is 11.8 Å². The Morgan fingerprint density at radius 1 is 1.12 bits per heavy atom. The van der Waals surface area contributed by atoms with Gasteiger partial charge < -0.3 is 15.5 Å². The fraction of sp³-hybridized carbons (Fsp3) is 0.900. The van der Waals surface area contributed by atoms with Crippen molar-refractivity contribution in [3.63, 3.8) is 0 Å². The summed E-state index contributed by atoms with van der Waals surface area (Å²) in [6, 6.07) is 0.588. The third-order valence-corrected chi connectivity index (χ3v) is 6.22. The van der Waals surface area contributed by atoms with Crippen LogP contribution >= 0.6 is 12.4 Å². The van der Waals surface area contributed by atoms with E-state index in [0.29, 0.717) is 30.3 Å². The first-order valence-electron chi connectivity index (χ1n) is 10.2. The Bertz CT molecular complexity index is 492. The summed E-state index contributed by atoms with van der Waals surface area (Å²) in [5.41, 5.74) is -0.353. The second-order valence-electron chi connectivity index (χ2n) is 9.36. The number of likely N-dealkylation sites (tertiary alicyclic amines) is 1. The number of carbonyl (C=O) groups is 2. The lowest BCUT2D eigenvalue weighted by molar-refractivity contribution is -0.135. The van der Waals surface area contributed by atoms with Crippen molar-refractivity contribution in [3.05, 3.63) is 0 Å². The SMILES string of the molecule is CC(C)(C)C(=O)NCC1CCCN(C(=O)C2CC3CCCCC3N2)C1.Cl. The highest BCUT2D eigenvalue weighted by Crippen LogP contribution is 2.34. The van der Waals surface area contributed by atoms with Crippen LogP contribution in [-0.4, -0.2) is 48.4 Å². The van der Waals surface area contributed by atoms with Gasteiger partial charge in [0.25, 0.3) is 0 Å². The Labute approximate surface area is 164 Å². The minimum atomic E-state index is -0.353. The summed E-state index contributed by atoms with van der Waals surface area (Å²) >= 11 is 0. The van der Waals surface area contributed by atoms with Crippen molar-refractivity contribution < 1.29 is 9.59 Å². The lowest BCUT2D eigenvalue weighted by Gasteiger charge is -2.35. The summed E-state index contributed by atoms with van der Waals surface area (Å²) in [6.45, 7) is 8.15. The molecule has 0 aromatic carbocycles. The van der Waals surface area contributed by atoms with Gasteiger partial charge in [0, 0.05) is 31.1 Å². The molecule has 2 heterocycles. The van der Waals surface area contributed by atoms with E-state index in [1.54, 1.807) is 0 Å². The van der Waals surface area contributed by atoms with Crippen molar-refractivity contribution in [1.82, 2.24) is 15.5 Å². The molecule has 6 heteroatoms. The number of hydrogen-bond acceptors (Lipinski definition) is 3. The summed E-state index contributed by atoms with van der Waals surface area (Å²) in [5, 5.41) is 6.68. The maximum absolute atomic E-state index is 13.0. The fourth-order valence-corrected chi connectivity index (χ4v) is 4.66. The van der Waals surface area contributed by atoms with E-state index in [1.807, 2.05) is 25.7 Å². The second kappa shape index (κ2) is 8.92. The van der Waals surface area contributed by atoms with Crippen molar-refractivity contribution >= 4 is 24.2 Å². The molecule has 0 aromatic heterocycles. The van der Waals surface area contributed by atoms with Crippen molar-refractivity contribution in [2.24, 2.45) is 17.3 Å². The third-order valence-electron chi connectivity index (χ3n) is 6.22. The van der Waals surface area contributed by atoms with Gasteiger partial charge in [0.15, 0.2) is 0 Å². The molecule has 26 heavy (non-hydrogen) atoms. The molecule has 2 saturated heterocycles.